The maximum atomic E-state index is 13.7. The van der Waals surface area contributed by atoms with Gasteiger partial charge in [-0.05, 0) is 62.2 Å². The van der Waals surface area contributed by atoms with Crippen LogP contribution in [0.25, 0.3) is 28.0 Å². The van der Waals surface area contributed by atoms with Crippen molar-refractivity contribution in [3.63, 3.8) is 0 Å². The van der Waals surface area contributed by atoms with Crippen molar-refractivity contribution in [3.05, 3.63) is 81.9 Å². The van der Waals surface area contributed by atoms with Crippen LogP contribution in [0.2, 0.25) is 0 Å². The Morgan fingerprint density at radius 3 is 2.50 bits per heavy atom. The second kappa shape index (κ2) is 9.28. The number of halogens is 1. The van der Waals surface area contributed by atoms with Crippen molar-refractivity contribution in [2.75, 3.05) is 11.9 Å². The third-order valence-corrected chi connectivity index (χ3v) is 5.11. The first-order chi connectivity index (χ1) is 14.8. The first-order valence-electron chi connectivity index (χ1n) is 10.0. The molecule has 0 fully saturated rings. The van der Waals surface area contributed by atoms with E-state index in [1.54, 1.807) is 23.6 Å². The van der Waals surface area contributed by atoms with E-state index in [2.05, 4.69) is 15.3 Å². The zero-order valence-electron chi connectivity index (χ0n) is 17.6. The van der Waals surface area contributed by atoms with E-state index in [1.165, 1.54) is 18.2 Å². The van der Waals surface area contributed by atoms with Crippen LogP contribution in [0.5, 0.6) is 0 Å². The van der Waals surface area contributed by atoms with E-state index in [0.717, 1.165) is 22.4 Å². The van der Waals surface area contributed by atoms with Crippen LogP contribution in [0.4, 0.5) is 10.3 Å². The zero-order valence-corrected chi connectivity index (χ0v) is 17.6. The van der Waals surface area contributed by atoms with Crippen LogP contribution in [-0.2, 0) is 0 Å². The van der Waals surface area contributed by atoms with E-state index in [0.29, 0.717) is 16.7 Å². The number of nitrogens with one attached hydrogen (secondary N) is 1. The number of pyridine rings is 1. The predicted octanol–water partition coefficient (Wildman–Crippen LogP) is 4.63. The Balaban J connectivity index is 0.00000289. The van der Waals surface area contributed by atoms with Gasteiger partial charge in [0.05, 0.1) is 17.5 Å². The Morgan fingerprint density at radius 1 is 1.06 bits per heavy atom. The smallest absolute Gasteiger partial charge is 0.256 e. The maximum absolute atomic E-state index is 13.7. The van der Waals surface area contributed by atoms with E-state index in [1.807, 2.05) is 38.1 Å². The summed E-state index contributed by atoms with van der Waals surface area (Å²) in [5.74, 6) is -0.0519. The lowest BCUT2D eigenvalue weighted by Gasteiger charge is -2.16. The summed E-state index contributed by atoms with van der Waals surface area (Å²) in [6.45, 7) is 5.64. The number of aromatic nitrogens is 3. The molecule has 0 amide bonds. The fourth-order valence-corrected chi connectivity index (χ4v) is 3.58. The van der Waals surface area contributed by atoms with E-state index >= 15 is 0 Å². The molecule has 32 heavy (non-hydrogen) atoms. The van der Waals surface area contributed by atoms with E-state index < -0.39 is 6.10 Å². The summed E-state index contributed by atoms with van der Waals surface area (Å²) in [6.07, 6.45) is -0.607. The molecule has 2 aromatic heterocycles. The van der Waals surface area contributed by atoms with Crippen molar-refractivity contribution in [1.29, 1.82) is 0 Å². The topological polar surface area (TPSA) is 80.0 Å². The molecule has 6 nitrogen and oxygen atoms in total. The van der Waals surface area contributed by atoms with Gasteiger partial charge in [-0.3, -0.25) is 9.36 Å². The number of benzene rings is 2. The van der Waals surface area contributed by atoms with Crippen LogP contribution in [0, 0.1) is 19.7 Å². The molecule has 1 atom stereocenters. The van der Waals surface area contributed by atoms with Crippen LogP contribution < -0.4 is 10.9 Å². The third kappa shape index (κ3) is 4.38. The normalized spacial score (nSPS) is 11.8. The fourth-order valence-electron chi connectivity index (χ4n) is 3.58. The van der Waals surface area contributed by atoms with Crippen LogP contribution in [-0.4, -0.2) is 32.3 Å². The van der Waals surface area contributed by atoms with Crippen molar-refractivity contribution < 1.29 is 9.50 Å². The molecular formula is C25H27FN4O2. The summed E-state index contributed by atoms with van der Waals surface area (Å²) >= 11 is 0. The summed E-state index contributed by atoms with van der Waals surface area (Å²) in [7, 11) is 0. The second-order valence-corrected chi connectivity index (χ2v) is 7.62. The highest BCUT2D eigenvalue weighted by Crippen LogP contribution is 2.30. The molecule has 0 aliphatic heterocycles. The fraction of sp³-hybridized carbons (Fsp3) is 0.240. The minimum Gasteiger partial charge on any atom is -0.392 e. The Hall–Kier alpha value is -3.58. The molecule has 2 N–H and O–H groups in total. The molecule has 0 spiro atoms. The SMILES string of the molecule is C.Cc1cc(F)ccc1-c1nc(NC[C@H](C)O)nc2c1ccc(=O)n2-c1ccccc1C. The molecule has 0 saturated carbocycles. The molecule has 0 radical (unpaired) electrons. The van der Waals surface area contributed by atoms with Crippen LogP contribution in [0.1, 0.15) is 25.5 Å². The Kier molecular flexibility index (Phi) is 6.69. The molecule has 2 aromatic carbocycles. The Morgan fingerprint density at radius 2 is 1.81 bits per heavy atom. The molecule has 4 aromatic rings. The van der Waals surface area contributed by atoms with Gasteiger partial charge in [-0.25, -0.2) is 9.37 Å². The van der Waals surface area contributed by atoms with Crippen LogP contribution in [0.15, 0.2) is 59.4 Å². The van der Waals surface area contributed by atoms with Crippen molar-refractivity contribution in [2.45, 2.75) is 34.3 Å². The van der Waals surface area contributed by atoms with Gasteiger partial charge in [-0.2, -0.15) is 4.98 Å². The molecule has 0 unspecified atom stereocenters. The maximum Gasteiger partial charge on any atom is 0.256 e. The number of hydrogen-bond donors (Lipinski definition) is 2. The lowest BCUT2D eigenvalue weighted by molar-refractivity contribution is 0.208. The Labute approximate surface area is 186 Å². The van der Waals surface area contributed by atoms with Crippen LogP contribution in [0.3, 0.4) is 0 Å². The standard InChI is InChI=1S/C24H23FN4O2.CH4/c1-14-6-4-5-7-20(14)29-21(31)11-10-19-22(18-9-8-17(25)12-15(18)2)27-24(28-23(19)29)26-13-16(3)30;/h4-12,16,30H,13H2,1-3H3,(H,26,27,28);1H4/t16-;/m0./s1. The number of aliphatic hydroxyl groups is 1. The predicted molar refractivity (Wildman–Crippen MR) is 127 cm³/mol. The highest BCUT2D eigenvalue weighted by Gasteiger charge is 2.17. The van der Waals surface area contributed by atoms with E-state index in [9.17, 15) is 14.3 Å². The van der Waals surface area contributed by atoms with Gasteiger partial charge in [-0.15, -0.1) is 0 Å². The number of fused-ring (bicyclic) bond motifs is 1. The van der Waals surface area contributed by atoms with Crippen molar-refractivity contribution in [2.24, 2.45) is 0 Å². The zero-order chi connectivity index (χ0) is 22.1. The summed E-state index contributed by atoms with van der Waals surface area (Å²) in [6, 6.07) is 15.3. The molecule has 0 saturated heterocycles. The minimum absolute atomic E-state index is 0. The van der Waals surface area contributed by atoms with Crippen LogP contribution >= 0.6 is 0 Å². The molecular weight excluding hydrogens is 407 g/mol. The lowest BCUT2D eigenvalue weighted by atomic mass is 10.0. The summed E-state index contributed by atoms with van der Waals surface area (Å²) in [5, 5.41) is 13.4. The van der Waals surface area contributed by atoms with E-state index in [-0.39, 0.29) is 31.3 Å². The number of hydrogen-bond acceptors (Lipinski definition) is 5. The van der Waals surface area contributed by atoms with Crippen molar-refractivity contribution in [1.82, 2.24) is 14.5 Å². The number of para-hydroxylation sites is 1. The molecule has 4 rings (SSSR count). The number of rotatable bonds is 5. The van der Waals surface area contributed by atoms with Gasteiger partial charge in [0.25, 0.3) is 5.56 Å². The number of aryl methyl sites for hydroxylation is 2. The quantitative estimate of drug-likeness (QED) is 0.479. The minimum atomic E-state index is -0.607. The second-order valence-electron chi connectivity index (χ2n) is 7.62. The summed E-state index contributed by atoms with van der Waals surface area (Å²) in [4.78, 5) is 22.2. The Bertz CT molecular complexity index is 1330. The molecule has 2 heterocycles. The molecule has 0 aliphatic rings. The van der Waals surface area contributed by atoms with Gasteiger partial charge in [0.1, 0.15) is 5.82 Å². The number of anilines is 1. The first-order valence-corrected chi connectivity index (χ1v) is 10.0. The average Bonchev–Trinajstić information content (AvgIpc) is 2.72. The van der Waals surface area contributed by atoms with E-state index in [4.69, 9.17) is 0 Å². The third-order valence-electron chi connectivity index (χ3n) is 5.11. The first kappa shape index (κ1) is 23.1. The molecule has 0 bridgehead atoms. The lowest BCUT2D eigenvalue weighted by Crippen LogP contribution is -2.21. The number of aliphatic hydroxyl groups excluding tert-OH is 1. The summed E-state index contributed by atoms with van der Waals surface area (Å²) in [5.41, 5.74) is 3.90. The highest BCUT2D eigenvalue weighted by atomic mass is 19.1. The molecule has 0 aliphatic carbocycles. The van der Waals surface area contributed by atoms with Gasteiger partial charge >= 0.3 is 0 Å². The number of nitrogens with zero attached hydrogens (tertiary/aromatic N) is 3. The average molecular weight is 435 g/mol. The van der Waals surface area contributed by atoms with Crippen molar-refractivity contribution in [3.8, 4) is 16.9 Å². The van der Waals surface area contributed by atoms with Gasteiger partial charge < -0.3 is 10.4 Å². The largest absolute Gasteiger partial charge is 0.392 e. The van der Waals surface area contributed by atoms with Gasteiger partial charge in [0, 0.05) is 23.6 Å². The van der Waals surface area contributed by atoms with Gasteiger partial charge in [0.15, 0.2) is 5.65 Å². The molecule has 7 heteroatoms. The monoisotopic (exact) mass is 434 g/mol. The van der Waals surface area contributed by atoms with Gasteiger partial charge in [-0.1, -0.05) is 25.6 Å². The van der Waals surface area contributed by atoms with Gasteiger partial charge in [0.2, 0.25) is 5.95 Å². The molecule has 166 valence electrons. The summed E-state index contributed by atoms with van der Waals surface area (Å²) < 4.78 is 15.3. The highest BCUT2D eigenvalue weighted by molar-refractivity contribution is 5.93. The van der Waals surface area contributed by atoms with Crippen molar-refractivity contribution >= 4 is 17.0 Å².